The second-order valence-corrected chi connectivity index (χ2v) is 7.02. The van der Waals surface area contributed by atoms with E-state index in [2.05, 4.69) is 24.3 Å². The van der Waals surface area contributed by atoms with Crippen LogP contribution in [0.4, 0.5) is 0 Å². The molecule has 4 nitrogen and oxygen atoms in total. The maximum atomic E-state index is 12.1. The third-order valence-electron chi connectivity index (χ3n) is 4.85. The standard InChI is InChI=1S/C24H21NO3/c26-21-11-12-22-20(13-24(27)28-23(22)14-21)17-25(15-18-7-3-1-4-8-18)16-19-9-5-2-6-10-19/h1-14,26H,15-17H2/p+1. The Kier molecular flexibility index (Phi) is 5.22. The topological polar surface area (TPSA) is 54.9 Å². The van der Waals surface area contributed by atoms with Crippen LogP contribution in [-0.2, 0) is 19.6 Å². The van der Waals surface area contributed by atoms with E-state index in [0.29, 0.717) is 12.1 Å². The first-order chi connectivity index (χ1) is 13.7. The van der Waals surface area contributed by atoms with Crippen molar-refractivity contribution in [2.24, 2.45) is 0 Å². The number of quaternary nitrogens is 1. The second-order valence-electron chi connectivity index (χ2n) is 7.02. The zero-order chi connectivity index (χ0) is 19.3. The Morgan fingerprint density at radius 3 is 1.96 bits per heavy atom. The van der Waals surface area contributed by atoms with Crippen molar-refractivity contribution in [2.75, 3.05) is 0 Å². The van der Waals surface area contributed by atoms with Crippen LogP contribution in [0.15, 0.2) is 94.1 Å². The van der Waals surface area contributed by atoms with Gasteiger partial charge in [0.15, 0.2) is 0 Å². The summed E-state index contributed by atoms with van der Waals surface area (Å²) in [5, 5.41) is 10.6. The molecule has 4 heteroatoms. The Morgan fingerprint density at radius 2 is 1.36 bits per heavy atom. The Bertz CT molecular complexity index is 1080. The number of hydrogen-bond donors (Lipinski definition) is 2. The molecule has 0 aliphatic carbocycles. The summed E-state index contributed by atoms with van der Waals surface area (Å²) >= 11 is 0. The summed E-state index contributed by atoms with van der Waals surface area (Å²) in [6.45, 7) is 2.36. The van der Waals surface area contributed by atoms with Crippen molar-refractivity contribution in [3.05, 3.63) is 112 Å². The molecule has 4 rings (SSSR count). The van der Waals surface area contributed by atoms with Gasteiger partial charge in [-0.15, -0.1) is 0 Å². The van der Waals surface area contributed by atoms with Gasteiger partial charge in [0.25, 0.3) is 0 Å². The third kappa shape index (κ3) is 4.30. The molecule has 0 unspecified atom stereocenters. The Morgan fingerprint density at radius 1 is 0.750 bits per heavy atom. The van der Waals surface area contributed by atoms with Gasteiger partial charge in [0.1, 0.15) is 31.0 Å². The van der Waals surface area contributed by atoms with Crippen molar-refractivity contribution in [1.29, 1.82) is 0 Å². The predicted octanol–water partition coefficient (Wildman–Crippen LogP) is 3.28. The highest BCUT2D eigenvalue weighted by atomic mass is 16.4. The molecule has 0 aliphatic heterocycles. The molecule has 0 spiro atoms. The summed E-state index contributed by atoms with van der Waals surface area (Å²) < 4.78 is 5.28. The van der Waals surface area contributed by atoms with E-state index in [9.17, 15) is 9.90 Å². The lowest BCUT2D eigenvalue weighted by Crippen LogP contribution is -3.08. The van der Waals surface area contributed by atoms with Crippen LogP contribution in [0.25, 0.3) is 11.0 Å². The molecule has 0 radical (unpaired) electrons. The van der Waals surface area contributed by atoms with Crippen LogP contribution in [0.1, 0.15) is 16.7 Å². The molecule has 0 bridgehead atoms. The number of hydrogen-bond acceptors (Lipinski definition) is 3. The van der Waals surface area contributed by atoms with Crippen LogP contribution in [-0.4, -0.2) is 5.11 Å². The molecular weight excluding hydrogens is 350 g/mol. The van der Waals surface area contributed by atoms with E-state index in [0.717, 1.165) is 24.0 Å². The summed E-state index contributed by atoms with van der Waals surface area (Å²) in [4.78, 5) is 13.4. The van der Waals surface area contributed by atoms with Crippen molar-refractivity contribution < 1.29 is 14.4 Å². The predicted molar refractivity (Wildman–Crippen MR) is 109 cm³/mol. The van der Waals surface area contributed by atoms with Gasteiger partial charge in [0.2, 0.25) is 0 Å². The molecule has 1 aromatic heterocycles. The van der Waals surface area contributed by atoms with E-state index in [4.69, 9.17) is 4.42 Å². The third-order valence-corrected chi connectivity index (χ3v) is 4.85. The largest absolute Gasteiger partial charge is 0.508 e. The molecule has 28 heavy (non-hydrogen) atoms. The van der Waals surface area contributed by atoms with E-state index >= 15 is 0 Å². The SMILES string of the molecule is O=c1cc(C[NH+](Cc2ccccc2)Cc2ccccc2)c2ccc(O)cc2o1. The Labute approximate surface area is 163 Å². The summed E-state index contributed by atoms with van der Waals surface area (Å²) in [6.07, 6.45) is 0. The van der Waals surface area contributed by atoms with Crippen LogP contribution in [0.3, 0.4) is 0 Å². The van der Waals surface area contributed by atoms with Crippen molar-refractivity contribution >= 4 is 11.0 Å². The average Bonchev–Trinajstić information content (AvgIpc) is 2.69. The second kappa shape index (κ2) is 8.11. The molecule has 3 aromatic carbocycles. The quantitative estimate of drug-likeness (QED) is 0.511. The van der Waals surface area contributed by atoms with Crippen molar-refractivity contribution in [3.63, 3.8) is 0 Å². The van der Waals surface area contributed by atoms with E-state index < -0.39 is 5.63 Å². The van der Waals surface area contributed by atoms with Crippen molar-refractivity contribution in [1.82, 2.24) is 0 Å². The fraction of sp³-hybridized carbons (Fsp3) is 0.125. The zero-order valence-corrected chi connectivity index (χ0v) is 15.5. The van der Waals surface area contributed by atoms with Gasteiger partial charge in [-0.05, 0) is 12.1 Å². The maximum Gasteiger partial charge on any atom is 0.336 e. The van der Waals surface area contributed by atoms with E-state index in [1.807, 2.05) is 42.5 Å². The normalized spacial score (nSPS) is 11.2. The molecular formula is C24H22NO3+. The highest BCUT2D eigenvalue weighted by Crippen LogP contribution is 2.21. The first kappa shape index (κ1) is 18.0. The minimum absolute atomic E-state index is 0.0885. The number of benzene rings is 3. The maximum absolute atomic E-state index is 12.1. The molecule has 0 aliphatic rings. The first-order valence-electron chi connectivity index (χ1n) is 9.34. The molecule has 0 amide bonds. The molecule has 4 aromatic rings. The fourth-order valence-electron chi connectivity index (χ4n) is 3.59. The lowest BCUT2D eigenvalue weighted by Gasteiger charge is -2.20. The minimum Gasteiger partial charge on any atom is -0.508 e. The van der Waals surface area contributed by atoms with Gasteiger partial charge in [-0.1, -0.05) is 60.7 Å². The van der Waals surface area contributed by atoms with Crippen molar-refractivity contribution in [3.8, 4) is 5.75 Å². The molecule has 0 atom stereocenters. The summed E-state index contributed by atoms with van der Waals surface area (Å²) in [5.41, 5.74) is 3.44. The number of nitrogens with one attached hydrogen (secondary N) is 1. The van der Waals surface area contributed by atoms with Crippen molar-refractivity contribution in [2.45, 2.75) is 19.6 Å². The number of aromatic hydroxyl groups is 1. The lowest BCUT2D eigenvalue weighted by molar-refractivity contribution is -0.941. The fourth-order valence-corrected chi connectivity index (χ4v) is 3.59. The zero-order valence-electron chi connectivity index (χ0n) is 15.5. The number of phenols is 1. The van der Waals surface area contributed by atoms with E-state index in [1.165, 1.54) is 22.1 Å². The number of fused-ring (bicyclic) bond motifs is 1. The molecule has 0 saturated carbocycles. The molecule has 1 heterocycles. The van der Waals surface area contributed by atoms with Crippen LogP contribution in [0.2, 0.25) is 0 Å². The lowest BCUT2D eigenvalue weighted by atomic mass is 10.1. The highest BCUT2D eigenvalue weighted by Gasteiger charge is 2.15. The minimum atomic E-state index is -0.396. The Balaban J connectivity index is 1.69. The Hall–Kier alpha value is -3.37. The molecule has 0 fully saturated rings. The highest BCUT2D eigenvalue weighted by molar-refractivity contribution is 5.81. The molecule has 2 N–H and O–H groups in total. The average molecular weight is 372 g/mol. The smallest absolute Gasteiger partial charge is 0.336 e. The summed E-state index contributed by atoms with van der Waals surface area (Å²) in [7, 11) is 0. The molecule has 0 saturated heterocycles. The van der Waals surface area contributed by atoms with Gasteiger partial charge in [0.05, 0.1) is 0 Å². The van der Waals surface area contributed by atoms with Gasteiger partial charge in [0, 0.05) is 34.2 Å². The number of phenolic OH excluding ortho intramolecular Hbond substituents is 1. The van der Waals surface area contributed by atoms with Gasteiger partial charge in [-0.25, -0.2) is 4.79 Å². The number of rotatable bonds is 6. The van der Waals surface area contributed by atoms with Crippen LogP contribution in [0.5, 0.6) is 5.75 Å². The van der Waals surface area contributed by atoms with Crippen LogP contribution in [0, 0.1) is 0 Å². The molecule has 140 valence electrons. The first-order valence-corrected chi connectivity index (χ1v) is 9.34. The van der Waals surface area contributed by atoms with E-state index in [1.54, 1.807) is 12.1 Å². The van der Waals surface area contributed by atoms with E-state index in [-0.39, 0.29) is 5.75 Å². The summed E-state index contributed by atoms with van der Waals surface area (Å²) in [5.74, 6) is 0.0885. The van der Waals surface area contributed by atoms with Crippen LogP contribution >= 0.6 is 0 Å². The summed E-state index contributed by atoms with van der Waals surface area (Å²) in [6, 6.07) is 27.2. The van der Waals surface area contributed by atoms with Crippen LogP contribution < -0.4 is 10.5 Å². The monoisotopic (exact) mass is 372 g/mol. The van der Waals surface area contributed by atoms with Gasteiger partial charge in [-0.3, -0.25) is 0 Å². The van der Waals surface area contributed by atoms with Gasteiger partial charge in [-0.2, -0.15) is 0 Å². The van der Waals surface area contributed by atoms with Gasteiger partial charge >= 0.3 is 5.63 Å². The van der Waals surface area contributed by atoms with Gasteiger partial charge < -0.3 is 14.4 Å².